The predicted molar refractivity (Wildman–Crippen MR) is 76.7 cm³/mol. The number of carbonyl (C=O) groups excluding carboxylic acids is 1. The van der Waals surface area contributed by atoms with Crippen molar-refractivity contribution in [2.75, 3.05) is 7.05 Å². The van der Waals surface area contributed by atoms with Crippen LogP contribution in [0.4, 0.5) is 0 Å². The van der Waals surface area contributed by atoms with Gasteiger partial charge in [0.2, 0.25) is 5.91 Å². The molecular formula is C14H17N3OS. The summed E-state index contributed by atoms with van der Waals surface area (Å²) in [6.07, 6.45) is 0.557. The molecule has 0 spiro atoms. The highest BCUT2D eigenvalue weighted by Gasteiger charge is 2.18. The Hall–Kier alpha value is -1.72. The zero-order chi connectivity index (χ0) is 13.7. The van der Waals surface area contributed by atoms with Crippen molar-refractivity contribution in [1.29, 1.82) is 0 Å². The maximum atomic E-state index is 12.2. The molecule has 1 amide bonds. The van der Waals surface area contributed by atoms with Crippen LogP contribution in [-0.4, -0.2) is 28.9 Å². The van der Waals surface area contributed by atoms with Gasteiger partial charge in [-0.3, -0.25) is 4.79 Å². The Morgan fingerprint density at radius 3 is 2.79 bits per heavy atom. The number of benzene rings is 1. The number of likely N-dealkylation sites (N-methyl/N-ethyl adjacent to an activating group) is 1. The van der Waals surface area contributed by atoms with E-state index >= 15 is 0 Å². The first-order valence-electron chi connectivity index (χ1n) is 6.08. The van der Waals surface area contributed by atoms with Gasteiger partial charge in [0, 0.05) is 12.4 Å². The van der Waals surface area contributed by atoms with E-state index in [4.69, 9.17) is 5.73 Å². The molecular weight excluding hydrogens is 258 g/mol. The number of carbonyl (C=O) groups is 1. The first-order valence-corrected chi connectivity index (χ1v) is 7.02. The summed E-state index contributed by atoms with van der Waals surface area (Å²) >= 11 is 1.52. The molecule has 1 heterocycles. The van der Waals surface area contributed by atoms with Gasteiger partial charge in [-0.15, -0.1) is 11.3 Å². The maximum Gasteiger partial charge on any atom is 0.239 e. The van der Waals surface area contributed by atoms with Gasteiger partial charge in [-0.05, 0) is 12.0 Å². The van der Waals surface area contributed by atoms with Crippen molar-refractivity contribution >= 4 is 17.2 Å². The summed E-state index contributed by atoms with van der Waals surface area (Å²) in [6, 6.07) is 9.30. The Morgan fingerprint density at radius 1 is 1.42 bits per heavy atom. The van der Waals surface area contributed by atoms with Gasteiger partial charge >= 0.3 is 0 Å². The van der Waals surface area contributed by atoms with Gasteiger partial charge in [0.15, 0.2) is 0 Å². The molecule has 1 aromatic carbocycles. The minimum atomic E-state index is -0.508. The number of nitrogens with zero attached hydrogens (tertiary/aromatic N) is 2. The van der Waals surface area contributed by atoms with Crippen LogP contribution in [0, 0.1) is 0 Å². The maximum absolute atomic E-state index is 12.2. The Morgan fingerprint density at radius 2 is 2.16 bits per heavy atom. The van der Waals surface area contributed by atoms with Crippen LogP contribution >= 0.6 is 11.3 Å². The topological polar surface area (TPSA) is 59.2 Å². The molecule has 0 bridgehead atoms. The standard InChI is InChI=1S/C14H17N3OS/c1-17(8-12-9-19-10-16-12)14(18)13(15)7-11-5-3-2-4-6-11/h2-6,9-10,13H,7-8,15H2,1H3/t13-/m0/s1. The highest BCUT2D eigenvalue weighted by Crippen LogP contribution is 2.07. The highest BCUT2D eigenvalue weighted by molar-refractivity contribution is 7.07. The quantitative estimate of drug-likeness (QED) is 0.903. The summed E-state index contributed by atoms with van der Waals surface area (Å²) in [4.78, 5) is 17.9. The fraction of sp³-hybridized carbons (Fsp3) is 0.286. The van der Waals surface area contributed by atoms with E-state index in [1.807, 2.05) is 35.7 Å². The highest BCUT2D eigenvalue weighted by atomic mass is 32.1. The number of hydrogen-bond donors (Lipinski definition) is 1. The van der Waals surface area contributed by atoms with Gasteiger partial charge in [0.05, 0.1) is 23.8 Å². The molecule has 1 atom stereocenters. The van der Waals surface area contributed by atoms with Crippen LogP contribution in [0.25, 0.3) is 0 Å². The third kappa shape index (κ3) is 3.87. The molecule has 2 rings (SSSR count). The number of nitrogens with two attached hydrogens (primary N) is 1. The second-order valence-corrected chi connectivity index (χ2v) is 5.19. The van der Waals surface area contributed by atoms with Crippen molar-refractivity contribution in [3.63, 3.8) is 0 Å². The molecule has 0 aliphatic carbocycles. The van der Waals surface area contributed by atoms with E-state index in [-0.39, 0.29) is 5.91 Å². The van der Waals surface area contributed by atoms with E-state index in [0.717, 1.165) is 11.3 Å². The van der Waals surface area contributed by atoms with Gasteiger partial charge in [0.25, 0.3) is 0 Å². The molecule has 1 aromatic heterocycles. The van der Waals surface area contributed by atoms with Crippen molar-refractivity contribution in [3.05, 3.63) is 52.5 Å². The van der Waals surface area contributed by atoms with Gasteiger partial charge in [0.1, 0.15) is 0 Å². The largest absolute Gasteiger partial charge is 0.338 e. The Kier molecular flexibility index (Phi) is 4.65. The average Bonchev–Trinajstić information content (AvgIpc) is 2.91. The molecule has 0 fully saturated rings. The van der Waals surface area contributed by atoms with Crippen molar-refractivity contribution in [3.8, 4) is 0 Å². The van der Waals surface area contributed by atoms with Crippen molar-refractivity contribution in [1.82, 2.24) is 9.88 Å². The lowest BCUT2D eigenvalue weighted by Gasteiger charge is -2.20. The summed E-state index contributed by atoms with van der Waals surface area (Å²) in [5.74, 6) is -0.0585. The van der Waals surface area contributed by atoms with E-state index in [1.54, 1.807) is 17.5 Å². The molecule has 5 heteroatoms. The normalized spacial score (nSPS) is 12.1. The first kappa shape index (κ1) is 13.7. The summed E-state index contributed by atoms with van der Waals surface area (Å²) in [5, 5.41) is 1.94. The molecule has 0 radical (unpaired) electrons. The van der Waals surface area contributed by atoms with Crippen LogP contribution < -0.4 is 5.73 Å². The summed E-state index contributed by atoms with van der Waals surface area (Å²) in [6.45, 7) is 0.505. The SMILES string of the molecule is CN(Cc1cscn1)C(=O)[C@@H](N)Cc1ccccc1. The van der Waals surface area contributed by atoms with Crippen LogP contribution in [0.2, 0.25) is 0 Å². The number of thiazole rings is 1. The fourth-order valence-corrected chi connectivity index (χ4v) is 2.42. The second-order valence-electron chi connectivity index (χ2n) is 4.47. The van der Waals surface area contributed by atoms with Crippen LogP contribution in [0.3, 0.4) is 0 Å². The lowest BCUT2D eigenvalue weighted by Crippen LogP contribution is -2.42. The van der Waals surface area contributed by atoms with Crippen molar-refractivity contribution < 1.29 is 4.79 Å². The van der Waals surface area contributed by atoms with Crippen LogP contribution in [0.5, 0.6) is 0 Å². The number of hydrogen-bond acceptors (Lipinski definition) is 4. The zero-order valence-corrected chi connectivity index (χ0v) is 11.6. The lowest BCUT2D eigenvalue weighted by atomic mass is 10.1. The van der Waals surface area contributed by atoms with E-state index in [9.17, 15) is 4.79 Å². The van der Waals surface area contributed by atoms with Crippen LogP contribution in [-0.2, 0) is 17.8 Å². The Balaban J connectivity index is 1.91. The Bertz CT molecular complexity index is 513. The fourth-order valence-electron chi connectivity index (χ4n) is 1.87. The minimum absolute atomic E-state index is 0.0585. The third-order valence-electron chi connectivity index (χ3n) is 2.87. The molecule has 0 aliphatic rings. The Labute approximate surface area is 116 Å². The molecule has 0 saturated heterocycles. The summed E-state index contributed by atoms with van der Waals surface area (Å²) < 4.78 is 0. The van der Waals surface area contributed by atoms with E-state index < -0.39 is 6.04 Å². The van der Waals surface area contributed by atoms with Crippen molar-refractivity contribution in [2.24, 2.45) is 5.73 Å². The van der Waals surface area contributed by atoms with E-state index in [1.165, 1.54) is 11.3 Å². The predicted octanol–water partition coefficient (Wildman–Crippen LogP) is 1.67. The van der Waals surface area contributed by atoms with Gasteiger partial charge in [-0.25, -0.2) is 4.98 Å². The minimum Gasteiger partial charge on any atom is -0.338 e. The van der Waals surface area contributed by atoms with Crippen LogP contribution in [0.15, 0.2) is 41.2 Å². The molecule has 2 aromatic rings. The molecule has 0 unspecified atom stereocenters. The number of rotatable bonds is 5. The summed E-state index contributed by atoms with van der Waals surface area (Å²) in [5.41, 5.74) is 9.70. The van der Waals surface area contributed by atoms with E-state index in [0.29, 0.717) is 13.0 Å². The lowest BCUT2D eigenvalue weighted by molar-refractivity contribution is -0.131. The zero-order valence-electron chi connectivity index (χ0n) is 10.8. The average molecular weight is 275 g/mol. The molecule has 4 nitrogen and oxygen atoms in total. The van der Waals surface area contributed by atoms with E-state index in [2.05, 4.69) is 4.98 Å². The molecule has 2 N–H and O–H groups in total. The third-order valence-corrected chi connectivity index (χ3v) is 3.51. The molecule has 0 saturated carbocycles. The number of amides is 1. The number of aromatic nitrogens is 1. The van der Waals surface area contributed by atoms with Gasteiger partial charge in [-0.2, -0.15) is 0 Å². The molecule has 0 aliphatic heterocycles. The van der Waals surface area contributed by atoms with Crippen LogP contribution in [0.1, 0.15) is 11.3 Å². The smallest absolute Gasteiger partial charge is 0.239 e. The molecule has 100 valence electrons. The molecule has 19 heavy (non-hydrogen) atoms. The van der Waals surface area contributed by atoms with Gasteiger partial charge in [-0.1, -0.05) is 30.3 Å². The van der Waals surface area contributed by atoms with Crippen molar-refractivity contribution in [2.45, 2.75) is 19.0 Å². The summed E-state index contributed by atoms with van der Waals surface area (Å²) in [7, 11) is 1.76. The first-order chi connectivity index (χ1) is 9.16. The monoisotopic (exact) mass is 275 g/mol. The second kappa shape index (κ2) is 6.45. The van der Waals surface area contributed by atoms with Gasteiger partial charge < -0.3 is 10.6 Å².